The summed E-state index contributed by atoms with van der Waals surface area (Å²) in [5.74, 6) is -1.12. The van der Waals surface area contributed by atoms with Gasteiger partial charge in [0.15, 0.2) is 0 Å². The van der Waals surface area contributed by atoms with Gasteiger partial charge in [0.1, 0.15) is 0 Å². The van der Waals surface area contributed by atoms with Crippen LogP contribution in [0.3, 0.4) is 0 Å². The third-order valence-electron chi connectivity index (χ3n) is 4.75. The van der Waals surface area contributed by atoms with Gasteiger partial charge >= 0.3 is 5.97 Å². The van der Waals surface area contributed by atoms with Crippen molar-refractivity contribution in [1.82, 2.24) is 5.32 Å². The van der Waals surface area contributed by atoms with Crippen LogP contribution in [0.4, 0.5) is 0 Å². The second-order valence-corrected chi connectivity index (χ2v) is 6.21. The topological polar surface area (TPSA) is 86.6 Å². The summed E-state index contributed by atoms with van der Waals surface area (Å²) >= 11 is 0. The van der Waals surface area contributed by atoms with Crippen molar-refractivity contribution in [2.24, 2.45) is 11.8 Å². The molecule has 2 aliphatic carbocycles. The molecule has 3 N–H and O–H groups in total. The van der Waals surface area contributed by atoms with Crippen molar-refractivity contribution in [3.63, 3.8) is 0 Å². The molecule has 2 aliphatic rings. The smallest absolute Gasteiger partial charge is 0.306 e. The van der Waals surface area contributed by atoms with Crippen molar-refractivity contribution in [2.75, 3.05) is 0 Å². The second kappa shape index (κ2) is 7.07. The molecule has 2 saturated carbocycles. The molecule has 0 radical (unpaired) electrons. The quantitative estimate of drug-likeness (QED) is 0.688. The van der Waals surface area contributed by atoms with Crippen LogP contribution in [0.15, 0.2) is 0 Å². The first-order chi connectivity index (χ1) is 9.58. The highest BCUT2D eigenvalue weighted by molar-refractivity contribution is 5.79. The SMILES string of the molecule is O=C(O)C1CCC(C(=O)NC2CCCCCC2O)CC1. The number of aliphatic hydroxyl groups excluding tert-OH is 1. The van der Waals surface area contributed by atoms with Gasteiger partial charge in [0.2, 0.25) is 5.91 Å². The van der Waals surface area contributed by atoms with E-state index in [9.17, 15) is 14.7 Å². The number of carbonyl (C=O) groups excluding carboxylic acids is 1. The lowest BCUT2D eigenvalue weighted by Gasteiger charge is -2.28. The van der Waals surface area contributed by atoms with Gasteiger partial charge in [-0.25, -0.2) is 0 Å². The number of aliphatic carboxylic acids is 1. The molecule has 0 aromatic heterocycles. The van der Waals surface area contributed by atoms with Gasteiger partial charge in [-0.15, -0.1) is 0 Å². The molecule has 2 fully saturated rings. The fraction of sp³-hybridized carbons (Fsp3) is 0.867. The summed E-state index contributed by atoms with van der Waals surface area (Å²) in [5.41, 5.74) is 0. The molecule has 5 heteroatoms. The Hall–Kier alpha value is -1.10. The molecule has 0 aromatic rings. The molecule has 0 bridgehead atoms. The monoisotopic (exact) mass is 283 g/mol. The minimum absolute atomic E-state index is 0.000196. The molecular weight excluding hydrogens is 258 g/mol. The third-order valence-corrected chi connectivity index (χ3v) is 4.75. The van der Waals surface area contributed by atoms with E-state index < -0.39 is 12.1 Å². The average Bonchev–Trinajstić information content (AvgIpc) is 2.64. The molecule has 5 nitrogen and oxygen atoms in total. The Balaban J connectivity index is 1.81. The number of rotatable bonds is 3. The molecule has 0 aliphatic heterocycles. The summed E-state index contributed by atoms with van der Waals surface area (Å²) in [6, 6.07) is -0.123. The van der Waals surface area contributed by atoms with E-state index >= 15 is 0 Å². The third kappa shape index (κ3) is 3.95. The number of carboxylic acid groups (broad SMARTS) is 1. The van der Waals surface area contributed by atoms with Crippen LogP contribution >= 0.6 is 0 Å². The van der Waals surface area contributed by atoms with Gasteiger partial charge in [-0.1, -0.05) is 19.3 Å². The Labute approximate surface area is 119 Å². The zero-order chi connectivity index (χ0) is 14.5. The lowest BCUT2D eigenvalue weighted by molar-refractivity contribution is -0.144. The van der Waals surface area contributed by atoms with Crippen molar-refractivity contribution in [3.05, 3.63) is 0 Å². The number of carbonyl (C=O) groups is 2. The normalized spacial score (nSPS) is 35.0. The zero-order valence-electron chi connectivity index (χ0n) is 11.9. The molecule has 0 aromatic carbocycles. The van der Waals surface area contributed by atoms with Crippen LogP contribution in [0.1, 0.15) is 57.8 Å². The van der Waals surface area contributed by atoms with Crippen LogP contribution in [0.2, 0.25) is 0 Å². The minimum atomic E-state index is -0.747. The van der Waals surface area contributed by atoms with Crippen LogP contribution in [0, 0.1) is 11.8 Å². The number of nitrogens with one attached hydrogen (secondary N) is 1. The Morgan fingerprint density at radius 2 is 1.45 bits per heavy atom. The number of amides is 1. The van der Waals surface area contributed by atoms with E-state index in [1.54, 1.807) is 0 Å². The number of carboxylic acids is 1. The van der Waals surface area contributed by atoms with Crippen molar-refractivity contribution in [3.8, 4) is 0 Å². The number of hydrogen-bond donors (Lipinski definition) is 3. The van der Waals surface area contributed by atoms with Crippen LogP contribution in [0.5, 0.6) is 0 Å². The number of hydrogen-bond acceptors (Lipinski definition) is 3. The van der Waals surface area contributed by atoms with Gasteiger partial charge in [0.05, 0.1) is 18.1 Å². The van der Waals surface area contributed by atoms with Crippen LogP contribution < -0.4 is 5.32 Å². The Morgan fingerprint density at radius 3 is 2.10 bits per heavy atom. The number of aliphatic hydroxyl groups is 1. The highest BCUT2D eigenvalue weighted by atomic mass is 16.4. The molecule has 20 heavy (non-hydrogen) atoms. The first-order valence-corrected chi connectivity index (χ1v) is 7.79. The lowest BCUT2D eigenvalue weighted by Crippen LogP contribution is -2.46. The average molecular weight is 283 g/mol. The van der Waals surface area contributed by atoms with Gasteiger partial charge in [0.25, 0.3) is 0 Å². The van der Waals surface area contributed by atoms with E-state index in [1.165, 1.54) is 0 Å². The molecular formula is C15H25NO4. The Kier molecular flexibility index (Phi) is 5.40. The summed E-state index contributed by atoms with van der Waals surface area (Å²) in [4.78, 5) is 23.1. The molecule has 1 amide bonds. The first kappa shape index (κ1) is 15.3. The van der Waals surface area contributed by atoms with E-state index in [-0.39, 0.29) is 23.8 Å². The lowest BCUT2D eigenvalue weighted by atomic mass is 9.81. The van der Waals surface area contributed by atoms with Crippen LogP contribution in [-0.2, 0) is 9.59 Å². The first-order valence-electron chi connectivity index (χ1n) is 7.79. The van der Waals surface area contributed by atoms with E-state index in [2.05, 4.69) is 5.32 Å². The standard InChI is InChI=1S/C15H25NO4/c17-13-5-3-1-2-4-12(13)16-14(18)10-6-8-11(9-7-10)15(19)20/h10-13,17H,1-9H2,(H,16,18)(H,19,20). The predicted molar refractivity (Wildman–Crippen MR) is 74.1 cm³/mol. The van der Waals surface area contributed by atoms with E-state index in [4.69, 9.17) is 5.11 Å². The summed E-state index contributed by atoms with van der Waals surface area (Å²) in [6.07, 6.45) is 6.82. The van der Waals surface area contributed by atoms with Crippen molar-refractivity contribution in [1.29, 1.82) is 0 Å². The molecule has 2 unspecified atom stereocenters. The van der Waals surface area contributed by atoms with Gasteiger partial charge < -0.3 is 15.5 Å². The fourth-order valence-electron chi connectivity index (χ4n) is 3.36. The molecule has 114 valence electrons. The molecule has 0 spiro atoms. The maximum atomic E-state index is 12.2. The van der Waals surface area contributed by atoms with Gasteiger partial charge in [-0.2, -0.15) is 0 Å². The molecule has 0 saturated heterocycles. The van der Waals surface area contributed by atoms with E-state index in [0.717, 1.165) is 32.1 Å². The Bertz CT molecular complexity index is 350. The highest BCUT2D eigenvalue weighted by Gasteiger charge is 2.31. The molecule has 0 heterocycles. The second-order valence-electron chi connectivity index (χ2n) is 6.21. The van der Waals surface area contributed by atoms with E-state index in [0.29, 0.717) is 25.7 Å². The van der Waals surface area contributed by atoms with Gasteiger partial charge in [0, 0.05) is 5.92 Å². The van der Waals surface area contributed by atoms with Crippen molar-refractivity contribution >= 4 is 11.9 Å². The zero-order valence-corrected chi connectivity index (χ0v) is 11.9. The maximum Gasteiger partial charge on any atom is 0.306 e. The highest BCUT2D eigenvalue weighted by Crippen LogP contribution is 2.29. The minimum Gasteiger partial charge on any atom is -0.481 e. The van der Waals surface area contributed by atoms with Gasteiger partial charge in [-0.05, 0) is 38.5 Å². The summed E-state index contributed by atoms with van der Waals surface area (Å²) < 4.78 is 0. The predicted octanol–water partition coefficient (Wildman–Crippen LogP) is 1.69. The Morgan fingerprint density at radius 1 is 0.850 bits per heavy atom. The summed E-state index contributed by atoms with van der Waals surface area (Å²) in [7, 11) is 0. The largest absolute Gasteiger partial charge is 0.481 e. The van der Waals surface area contributed by atoms with Crippen LogP contribution in [-0.4, -0.2) is 34.2 Å². The summed E-state index contributed by atoms with van der Waals surface area (Å²) in [5, 5.41) is 22.0. The van der Waals surface area contributed by atoms with Crippen molar-refractivity contribution < 1.29 is 19.8 Å². The van der Waals surface area contributed by atoms with Crippen LogP contribution in [0.25, 0.3) is 0 Å². The van der Waals surface area contributed by atoms with Crippen molar-refractivity contribution in [2.45, 2.75) is 69.9 Å². The maximum absolute atomic E-state index is 12.2. The van der Waals surface area contributed by atoms with E-state index in [1.807, 2.05) is 0 Å². The molecule has 2 rings (SSSR count). The fourth-order valence-corrected chi connectivity index (χ4v) is 3.36. The molecule has 2 atom stereocenters. The summed E-state index contributed by atoms with van der Waals surface area (Å²) in [6.45, 7) is 0. The van der Waals surface area contributed by atoms with Gasteiger partial charge in [-0.3, -0.25) is 9.59 Å².